The predicted octanol–water partition coefficient (Wildman–Crippen LogP) is 5.29. The van der Waals surface area contributed by atoms with E-state index in [-0.39, 0.29) is 0 Å². The van der Waals surface area contributed by atoms with Crippen LogP contribution in [-0.2, 0) is 12.8 Å². The van der Waals surface area contributed by atoms with Crippen molar-refractivity contribution in [2.24, 2.45) is 0 Å². The molecule has 6 rings (SSSR count). The monoisotopic (exact) mass is 399 g/mol. The lowest BCUT2D eigenvalue weighted by Gasteiger charge is -2.09. The molecule has 0 saturated carbocycles. The number of para-hydroxylation sites is 1. The van der Waals surface area contributed by atoms with Gasteiger partial charge in [0.2, 0.25) is 0 Å². The van der Waals surface area contributed by atoms with Crippen molar-refractivity contribution >= 4 is 27.2 Å². The first-order chi connectivity index (χ1) is 14.2. The third kappa shape index (κ3) is 2.48. The van der Waals surface area contributed by atoms with Gasteiger partial charge in [0.25, 0.3) is 0 Å². The fraction of sp³-hybridized carbons (Fsp3) is 0.261. The lowest BCUT2D eigenvalue weighted by atomic mass is 9.97. The van der Waals surface area contributed by atoms with Gasteiger partial charge in [-0.25, -0.2) is 14.5 Å². The first-order valence-corrected chi connectivity index (χ1v) is 10.9. The number of aromatic nitrogens is 5. The SMILES string of the molecule is Cc1cc(-c2nc3c4c5c(sc4ncn3n2)CCCC5)c(C)n1-c1ccccc1. The van der Waals surface area contributed by atoms with E-state index >= 15 is 0 Å². The second-order valence-corrected chi connectivity index (χ2v) is 8.88. The van der Waals surface area contributed by atoms with Crippen molar-refractivity contribution in [3.8, 4) is 17.1 Å². The fourth-order valence-corrected chi connectivity index (χ4v) is 5.86. The largest absolute Gasteiger partial charge is 0.318 e. The Hall–Kier alpha value is -2.99. The molecule has 0 saturated heterocycles. The van der Waals surface area contributed by atoms with Gasteiger partial charge in [0, 0.05) is 27.5 Å². The molecule has 5 nitrogen and oxygen atoms in total. The molecule has 29 heavy (non-hydrogen) atoms. The molecule has 144 valence electrons. The number of hydrogen-bond acceptors (Lipinski definition) is 4. The van der Waals surface area contributed by atoms with Gasteiger partial charge in [-0.1, -0.05) is 18.2 Å². The summed E-state index contributed by atoms with van der Waals surface area (Å²) in [6, 6.07) is 12.6. The summed E-state index contributed by atoms with van der Waals surface area (Å²) < 4.78 is 4.12. The number of fused-ring (bicyclic) bond motifs is 5. The highest BCUT2D eigenvalue weighted by Gasteiger charge is 2.22. The summed E-state index contributed by atoms with van der Waals surface area (Å²) in [6.45, 7) is 4.27. The zero-order valence-corrected chi connectivity index (χ0v) is 17.3. The van der Waals surface area contributed by atoms with Crippen LogP contribution in [0.2, 0.25) is 0 Å². The Morgan fingerprint density at radius 2 is 1.86 bits per heavy atom. The number of benzene rings is 1. The summed E-state index contributed by atoms with van der Waals surface area (Å²) in [5, 5.41) is 6.02. The van der Waals surface area contributed by atoms with E-state index < -0.39 is 0 Å². The minimum absolute atomic E-state index is 0.769. The third-order valence-corrected chi connectivity index (χ3v) is 7.18. The van der Waals surface area contributed by atoms with Crippen molar-refractivity contribution in [2.45, 2.75) is 39.5 Å². The highest BCUT2D eigenvalue weighted by atomic mass is 32.1. The van der Waals surface area contributed by atoms with E-state index in [0.717, 1.165) is 39.7 Å². The number of thiophene rings is 1. The molecule has 4 aromatic heterocycles. The van der Waals surface area contributed by atoms with Crippen LogP contribution in [0.4, 0.5) is 0 Å². The Kier molecular flexibility index (Phi) is 3.65. The predicted molar refractivity (Wildman–Crippen MR) is 117 cm³/mol. The molecule has 4 heterocycles. The maximum Gasteiger partial charge on any atom is 0.184 e. The molecule has 6 heteroatoms. The molecule has 0 radical (unpaired) electrons. The van der Waals surface area contributed by atoms with E-state index in [0.29, 0.717) is 0 Å². The summed E-state index contributed by atoms with van der Waals surface area (Å²) in [7, 11) is 0. The van der Waals surface area contributed by atoms with Crippen LogP contribution < -0.4 is 0 Å². The van der Waals surface area contributed by atoms with Gasteiger partial charge in [0.05, 0.1) is 5.39 Å². The first kappa shape index (κ1) is 16.9. The van der Waals surface area contributed by atoms with Crippen LogP contribution in [0.25, 0.3) is 32.9 Å². The summed E-state index contributed by atoms with van der Waals surface area (Å²) in [6.07, 6.45) is 6.63. The molecule has 5 aromatic rings. The Bertz CT molecular complexity index is 1370. The highest BCUT2D eigenvalue weighted by Crippen LogP contribution is 2.37. The molecule has 0 fully saturated rings. The van der Waals surface area contributed by atoms with Crippen molar-refractivity contribution in [1.82, 2.24) is 24.1 Å². The van der Waals surface area contributed by atoms with Crippen LogP contribution in [-0.4, -0.2) is 24.1 Å². The van der Waals surface area contributed by atoms with Crippen LogP contribution in [0.3, 0.4) is 0 Å². The van der Waals surface area contributed by atoms with Crippen LogP contribution in [0.1, 0.15) is 34.7 Å². The van der Waals surface area contributed by atoms with E-state index in [2.05, 4.69) is 53.7 Å². The number of nitrogens with zero attached hydrogens (tertiary/aromatic N) is 5. The van der Waals surface area contributed by atoms with Gasteiger partial charge in [-0.2, -0.15) is 0 Å². The molecule has 0 unspecified atom stereocenters. The van der Waals surface area contributed by atoms with Crippen LogP contribution in [0.15, 0.2) is 42.7 Å². The minimum Gasteiger partial charge on any atom is -0.318 e. The molecule has 0 bridgehead atoms. The maximum absolute atomic E-state index is 5.01. The number of aryl methyl sites for hydroxylation is 3. The molecule has 0 atom stereocenters. The van der Waals surface area contributed by atoms with E-state index in [1.165, 1.54) is 40.8 Å². The van der Waals surface area contributed by atoms with Crippen molar-refractivity contribution in [3.05, 3.63) is 64.6 Å². The van der Waals surface area contributed by atoms with Gasteiger partial charge in [0.1, 0.15) is 11.2 Å². The van der Waals surface area contributed by atoms with Gasteiger partial charge >= 0.3 is 0 Å². The maximum atomic E-state index is 5.01. The van der Waals surface area contributed by atoms with Crippen LogP contribution >= 0.6 is 11.3 Å². The third-order valence-electron chi connectivity index (χ3n) is 5.98. The second-order valence-electron chi connectivity index (χ2n) is 7.79. The van der Waals surface area contributed by atoms with Gasteiger partial charge in [-0.05, 0) is 63.3 Å². The molecule has 0 amide bonds. The number of hydrogen-bond donors (Lipinski definition) is 0. The van der Waals surface area contributed by atoms with Crippen LogP contribution in [0.5, 0.6) is 0 Å². The summed E-state index contributed by atoms with van der Waals surface area (Å²) in [4.78, 5) is 12.3. The molecule has 1 aromatic carbocycles. The average molecular weight is 400 g/mol. The summed E-state index contributed by atoms with van der Waals surface area (Å²) in [5.74, 6) is 0.769. The van der Waals surface area contributed by atoms with Gasteiger partial charge in [-0.15, -0.1) is 16.4 Å². The smallest absolute Gasteiger partial charge is 0.184 e. The minimum atomic E-state index is 0.769. The zero-order valence-electron chi connectivity index (χ0n) is 16.5. The van der Waals surface area contributed by atoms with Gasteiger partial charge < -0.3 is 4.57 Å². The topological polar surface area (TPSA) is 48.0 Å². The average Bonchev–Trinajstić information content (AvgIpc) is 3.41. The van der Waals surface area contributed by atoms with Crippen molar-refractivity contribution in [3.63, 3.8) is 0 Å². The van der Waals surface area contributed by atoms with Crippen molar-refractivity contribution in [1.29, 1.82) is 0 Å². The Morgan fingerprint density at radius 1 is 1.03 bits per heavy atom. The van der Waals surface area contributed by atoms with Crippen molar-refractivity contribution in [2.75, 3.05) is 0 Å². The fourth-order valence-electron chi connectivity index (χ4n) is 4.63. The molecular formula is C23H21N5S. The molecule has 0 aliphatic heterocycles. The quantitative estimate of drug-likeness (QED) is 0.405. The Morgan fingerprint density at radius 3 is 2.72 bits per heavy atom. The lowest BCUT2D eigenvalue weighted by molar-refractivity contribution is 0.700. The Balaban J connectivity index is 1.56. The number of rotatable bonds is 2. The van der Waals surface area contributed by atoms with E-state index in [9.17, 15) is 0 Å². The first-order valence-electron chi connectivity index (χ1n) is 10.1. The van der Waals surface area contributed by atoms with E-state index in [4.69, 9.17) is 10.1 Å². The normalized spacial score (nSPS) is 14.0. The molecule has 0 N–H and O–H groups in total. The lowest BCUT2D eigenvalue weighted by Crippen LogP contribution is -1.99. The van der Waals surface area contributed by atoms with Gasteiger partial charge in [0.15, 0.2) is 11.5 Å². The molecule has 1 aliphatic carbocycles. The van der Waals surface area contributed by atoms with E-state index in [1.807, 2.05) is 28.2 Å². The van der Waals surface area contributed by atoms with Crippen molar-refractivity contribution < 1.29 is 0 Å². The molecule has 1 aliphatic rings. The van der Waals surface area contributed by atoms with Gasteiger partial charge in [-0.3, -0.25) is 0 Å². The van der Waals surface area contributed by atoms with Crippen LogP contribution in [0, 0.1) is 13.8 Å². The summed E-state index contributed by atoms with van der Waals surface area (Å²) >= 11 is 1.83. The zero-order chi connectivity index (χ0) is 19.5. The molecule has 0 spiro atoms. The standard InChI is InChI=1S/C23H21N5S/c1-14-12-18(15(2)28(14)16-8-4-3-5-9-16)21-25-22-20-17-10-6-7-11-19(17)29-23(20)24-13-27(22)26-21/h3-5,8-9,12-13H,6-7,10-11H2,1-2H3. The molecular weight excluding hydrogens is 378 g/mol. The summed E-state index contributed by atoms with van der Waals surface area (Å²) in [5.41, 5.74) is 6.96. The Labute approximate surface area is 172 Å². The second kappa shape index (κ2) is 6.26. The highest BCUT2D eigenvalue weighted by molar-refractivity contribution is 7.19. The van der Waals surface area contributed by atoms with E-state index in [1.54, 1.807) is 0 Å².